The number of aliphatic hydroxyl groups is 2. The van der Waals surface area contributed by atoms with Crippen molar-refractivity contribution in [3.05, 3.63) is 0 Å². The standard InChI is InChI=1S/C10H21N3O5/c11-9(3-1-2-4-12-7-13-17)10(16)18-8(5-14)6-15/h7-9,14-15,17H,1-6,11H2,(H,12,13)/t9-/m0/s1. The molecule has 8 heteroatoms. The van der Waals surface area contributed by atoms with Gasteiger partial charge in [0.05, 0.1) is 13.2 Å². The van der Waals surface area contributed by atoms with Crippen molar-refractivity contribution in [2.24, 2.45) is 10.7 Å². The van der Waals surface area contributed by atoms with Crippen LogP contribution in [0.25, 0.3) is 0 Å². The molecule has 6 N–H and O–H groups in total. The molecular formula is C10H21N3O5. The molecule has 0 spiro atoms. The molecule has 0 saturated carbocycles. The first kappa shape index (κ1) is 16.8. The SMILES string of the molecule is N[C@@H](CCCCN=CNO)C(=O)OC(CO)CO. The molecule has 0 unspecified atom stereocenters. The monoisotopic (exact) mass is 263 g/mol. The predicted molar refractivity (Wildman–Crippen MR) is 64.2 cm³/mol. The van der Waals surface area contributed by atoms with E-state index in [9.17, 15) is 4.79 Å². The highest BCUT2D eigenvalue weighted by Gasteiger charge is 2.18. The quantitative estimate of drug-likeness (QED) is 0.105. The summed E-state index contributed by atoms with van der Waals surface area (Å²) in [4.78, 5) is 15.2. The van der Waals surface area contributed by atoms with Gasteiger partial charge in [0, 0.05) is 6.54 Å². The van der Waals surface area contributed by atoms with Crippen LogP contribution in [0.5, 0.6) is 0 Å². The molecule has 1 atom stereocenters. The third kappa shape index (κ3) is 7.96. The fourth-order valence-electron chi connectivity index (χ4n) is 1.17. The Kier molecular flexibility index (Phi) is 10.2. The lowest BCUT2D eigenvalue weighted by Gasteiger charge is -2.16. The van der Waals surface area contributed by atoms with E-state index < -0.39 is 31.3 Å². The number of carbonyl (C=O) groups is 1. The number of nitrogens with two attached hydrogens (primary N) is 1. The van der Waals surface area contributed by atoms with Crippen LogP contribution in [0.2, 0.25) is 0 Å². The molecule has 0 radical (unpaired) electrons. The summed E-state index contributed by atoms with van der Waals surface area (Å²) in [6, 6.07) is -0.773. The Morgan fingerprint density at radius 3 is 2.61 bits per heavy atom. The molecule has 106 valence electrons. The van der Waals surface area contributed by atoms with Gasteiger partial charge in [-0.2, -0.15) is 0 Å². The fourth-order valence-corrected chi connectivity index (χ4v) is 1.17. The topological polar surface area (TPSA) is 137 Å². The minimum Gasteiger partial charge on any atom is -0.456 e. The van der Waals surface area contributed by atoms with Crippen molar-refractivity contribution in [1.82, 2.24) is 5.48 Å². The van der Waals surface area contributed by atoms with Gasteiger partial charge in [-0.1, -0.05) is 0 Å². The zero-order valence-electron chi connectivity index (χ0n) is 10.2. The Bertz CT molecular complexity index is 246. The van der Waals surface area contributed by atoms with Crippen LogP contribution in [0.3, 0.4) is 0 Å². The number of ether oxygens (including phenoxy) is 1. The van der Waals surface area contributed by atoms with Crippen LogP contribution in [-0.2, 0) is 9.53 Å². The van der Waals surface area contributed by atoms with Crippen molar-refractivity contribution in [3.8, 4) is 0 Å². The molecule has 8 nitrogen and oxygen atoms in total. The maximum Gasteiger partial charge on any atom is 0.323 e. The van der Waals surface area contributed by atoms with Gasteiger partial charge in [-0.3, -0.25) is 20.5 Å². The summed E-state index contributed by atoms with van der Waals surface area (Å²) in [5, 5.41) is 25.7. The van der Waals surface area contributed by atoms with Gasteiger partial charge in [0.15, 0.2) is 0 Å². The van der Waals surface area contributed by atoms with Crippen LogP contribution in [0, 0.1) is 0 Å². The summed E-state index contributed by atoms with van der Waals surface area (Å²) in [5.41, 5.74) is 7.37. The molecule has 0 aliphatic heterocycles. The van der Waals surface area contributed by atoms with Gasteiger partial charge >= 0.3 is 5.97 Å². The summed E-state index contributed by atoms with van der Waals surface area (Å²) in [7, 11) is 0. The summed E-state index contributed by atoms with van der Waals surface area (Å²) in [6.45, 7) is -0.346. The molecule has 0 aromatic heterocycles. The number of carbonyl (C=O) groups excluding carboxylic acids is 1. The summed E-state index contributed by atoms with van der Waals surface area (Å²) < 4.78 is 4.77. The third-order valence-electron chi connectivity index (χ3n) is 2.19. The van der Waals surface area contributed by atoms with Crippen molar-refractivity contribution in [2.75, 3.05) is 19.8 Å². The molecule has 0 rings (SSSR count). The smallest absolute Gasteiger partial charge is 0.323 e. The predicted octanol–water partition coefficient (Wildman–Crippen LogP) is -1.61. The molecule has 0 aromatic carbocycles. The Hall–Kier alpha value is -1.22. The lowest BCUT2D eigenvalue weighted by Crippen LogP contribution is -2.37. The van der Waals surface area contributed by atoms with E-state index in [0.717, 1.165) is 6.42 Å². The maximum absolute atomic E-state index is 11.4. The van der Waals surface area contributed by atoms with Gasteiger partial charge in [0.25, 0.3) is 0 Å². The lowest BCUT2D eigenvalue weighted by atomic mass is 10.1. The molecule has 18 heavy (non-hydrogen) atoms. The van der Waals surface area contributed by atoms with Crippen molar-refractivity contribution in [1.29, 1.82) is 0 Å². The average Bonchev–Trinajstić information content (AvgIpc) is 2.39. The third-order valence-corrected chi connectivity index (χ3v) is 2.19. The molecule has 0 aromatic rings. The Balaban J connectivity index is 3.70. The van der Waals surface area contributed by atoms with Crippen LogP contribution >= 0.6 is 0 Å². The summed E-state index contributed by atoms with van der Waals surface area (Å²) in [6.07, 6.45) is 2.10. The van der Waals surface area contributed by atoms with Crippen LogP contribution in [0.1, 0.15) is 19.3 Å². The van der Waals surface area contributed by atoms with Crippen LogP contribution < -0.4 is 11.2 Å². The van der Waals surface area contributed by atoms with E-state index >= 15 is 0 Å². The van der Waals surface area contributed by atoms with Crippen molar-refractivity contribution >= 4 is 12.3 Å². The average molecular weight is 263 g/mol. The van der Waals surface area contributed by atoms with E-state index in [4.69, 9.17) is 25.9 Å². The van der Waals surface area contributed by atoms with E-state index in [1.54, 1.807) is 5.48 Å². The number of esters is 1. The number of rotatable bonds is 10. The Morgan fingerprint density at radius 1 is 1.39 bits per heavy atom. The normalized spacial score (nSPS) is 12.9. The highest BCUT2D eigenvalue weighted by molar-refractivity contribution is 5.75. The van der Waals surface area contributed by atoms with E-state index in [-0.39, 0.29) is 0 Å². The largest absolute Gasteiger partial charge is 0.456 e. The highest BCUT2D eigenvalue weighted by atomic mass is 16.6. The van der Waals surface area contributed by atoms with Crippen LogP contribution in [0.4, 0.5) is 0 Å². The van der Waals surface area contributed by atoms with Crippen molar-refractivity contribution < 1.29 is 25.0 Å². The molecule has 0 saturated heterocycles. The first-order valence-corrected chi connectivity index (χ1v) is 5.71. The minimum atomic E-state index is -0.913. The second kappa shape index (κ2) is 10.9. The van der Waals surface area contributed by atoms with E-state index in [2.05, 4.69) is 4.99 Å². The van der Waals surface area contributed by atoms with E-state index in [1.807, 2.05) is 0 Å². The second-order valence-electron chi connectivity index (χ2n) is 3.69. The molecular weight excluding hydrogens is 242 g/mol. The number of hydrogen-bond acceptors (Lipinski definition) is 7. The van der Waals surface area contributed by atoms with Crippen molar-refractivity contribution in [3.63, 3.8) is 0 Å². The van der Waals surface area contributed by atoms with Gasteiger partial charge in [0.1, 0.15) is 18.5 Å². The number of nitrogens with one attached hydrogen (secondary N) is 1. The highest BCUT2D eigenvalue weighted by Crippen LogP contribution is 2.03. The number of aliphatic hydroxyl groups excluding tert-OH is 2. The number of hydrogen-bond donors (Lipinski definition) is 5. The maximum atomic E-state index is 11.4. The Morgan fingerprint density at radius 2 is 2.06 bits per heavy atom. The van der Waals surface area contributed by atoms with Gasteiger partial charge in [-0.15, -0.1) is 0 Å². The lowest BCUT2D eigenvalue weighted by molar-refractivity contribution is -0.155. The summed E-state index contributed by atoms with van der Waals surface area (Å²) in [5.74, 6) is -0.636. The van der Waals surface area contributed by atoms with Gasteiger partial charge in [0.2, 0.25) is 0 Å². The zero-order valence-corrected chi connectivity index (χ0v) is 10.2. The number of nitrogens with zero attached hydrogens (tertiary/aromatic N) is 1. The molecule has 0 bridgehead atoms. The molecule has 0 fully saturated rings. The van der Waals surface area contributed by atoms with Crippen molar-refractivity contribution in [2.45, 2.75) is 31.4 Å². The fraction of sp³-hybridized carbons (Fsp3) is 0.800. The van der Waals surface area contributed by atoms with E-state index in [1.165, 1.54) is 6.34 Å². The number of unbranched alkanes of at least 4 members (excludes halogenated alkanes) is 1. The van der Waals surface area contributed by atoms with Gasteiger partial charge in [-0.25, -0.2) is 0 Å². The summed E-state index contributed by atoms with van der Waals surface area (Å²) >= 11 is 0. The number of aliphatic imine (C=N–C) groups is 1. The van der Waals surface area contributed by atoms with E-state index in [0.29, 0.717) is 19.4 Å². The first-order chi connectivity index (χ1) is 8.65. The number of hydroxylamine groups is 1. The Labute approximate surface area is 105 Å². The van der Waals surface area contributed by atoms with Crippen LogP contribution in [0.15, 0.2) is 4.99 Å². The molecule has 0 amide bonds. The molecule has 0 aliphatic rings. The molecule has 0 heterocycles. The van der Waals surface area contributed by atoms with Gasteiger partial charge < -0.3 is 20.7 Å². The van der Waals surface area contributed by atoms with Gasteiger partial charge in [-0.05, 0) is 19.3 Å². The molecule has 0 aliphatic carbocycles. The first-order valence-electron chi connectivity index (χ1n) is 5.71. The zero-order chi connectivity index (χ0) is 13.8. The minimum absolute atomic E-state index is 0.433. The van der Waals surface area contributed by atoms with Crippen LogP contribution in [-0.4, -0.2) is 59.6 Å². The second-order valence-corrected chi connectivity index (χ2v) is 3.69.